The molecule has 1 N–H and O–H groups in total. The van der Waals surface area contributed by atoms with Crippen LogP contribution in [0.4, 0.5) is 5.82 Å². The Kier molecular flexibility index (Phi) is 6.43. The molecule has 114 valence electrons. The van der Waals surface area contributed by atoms with E-state index in [1.54, 1.807) is 7.11 Å². The minimum absolute atomic E-state index is 0.267. The van der Waals surface area contributed by atoms with Gasteiger partial charge in [-0.25, -0.2) is 4.98 Å². The second-order valence-electron chi connectivity index (χ2n) is 6.57. The van der Waals surface area contributed by atoms with E-state index in [1.807, 2.05) is 6.20 Å². The molecule has 0 aliphatic rings. The Hall–Kier alpha value is -1.13. The maximum Gasteiger partial charge on any atom is 0.131 e. The van der Waals surface area contributed by atoms with Gasteiger partial charge in [-0.1, -0.05) is 20.8 Å². The van der Waals surface area contributed by atoms with Crippen molar-refractivity contribution in [1.82, 2.24) is 10.3 Å². The van der Waals surface area contributed by atoms with Gasteiger partial charge in [-0.05, 0) is 29.5 Å². The molecule has 0 fully saturated rings. The first-order chi connectivity index (χ1) is 9.33. The largest absolute Gasteiger partial charge is 0.383 e. The number of hydrogen-bond acceptors (Lipinski definition) is 4. The number of nitrogens with zero attached hydrogens (tertiary/aromatic N) is 2. The summed E-state index contributed by atoms with van der Waals surface area (Å²) in [5.41, 5.74) is 2.71. The standard InChI is InChI=1S/C16H29N3O/c1-13-9-14(10-17-7-8-20-6)11-18-15(13)19(5)12-16(2,3)4/h9,11,17H,7-8,10,12H2,1-6H3. The zero-order chi connectivity index (χ0) is 15.2. The number of aromatic nitrogens is 1. The molecule has 0 bridgehead atoms. The topological polar surface area (TPSA) is 37.4 Å². The van der Waals surface area contributed by atoms with Gasteiger partial charge in [0.15, 0.2) is 0 Å². The van der Waals surface area contributed by atoms with Crippen molar-refractivity contribution in [1.29, 1.82) is 0 Å². The van der Waals surface area contributed by atoms with Crippen LogP contribution in [0.2, 0.25) is 0 Å². The molecule has 0 radical (unpaired) electrons. The van der Waals surface area contributed by atoms with E-state index in [0.717, 1.165) is 32.1 Å². The second-order valence-corrected chi connectivity index (χ2v) is 6.57. The Labute approximate surface area is 123 Å². The highest BCUT2D eigenvalue weighted by Gasteiger charge is 2.16. The van der Waals surface area contributed by atoms with Gasteiger partial charge in [-0.3, -0.25) is 0 Å². The third-order valence-corrected chi connectivity index (χ3v) is 2.99. The normalized spacial score (nSPS) is 11.7. The fourth-order valence-electron chi connectivity index (χ4n) is 2.32. The first kappa shape index (κ1) is 16.9. The fraction of sp³-hybridized carbons (Fsp3) is 0.688. The molecule has 0 amide bonds. The highest BCUT2D eigenvalue weighted by molar-refractivity contribution is 5.46. The van der Waals surface area contributed by atoms with Gasteiger partial charge in [0.1, 0.15) is 5.82 Å². The predicted molar refractivity (Wildman–Crippen MR) is 85.3 cm³/mol. The highest BCUT2D eigenvalue weighted by atomic mass is 16.5. The lowest BCUT2D eigenvalue weighted by atomic mass is 9.96. The van der Waals surface area contributed by atoms with Crippen LogP contribution in [0.5, 0.6) is 0 Å². The van der Waals surface area contributed by atoms with E-state index in [2.05, 4.69) is 56.0 Å². The number of rotatable bonds is 7. The number of anilines is 1. The molecule has 0 saturated carbocycles. The van der Waals surface area contributed by atoms with E-state index in [9.17, 15) is 0 Å². The molecule has 0 aromatic carbocycles. The third kappa shape index (κ3) is 5.88. The van der Waals surface area contributed by atoms with Crippen LogP contribution in [0.1, 0.15) is 31.9 Å². The van der Waals surface area contributed by atoms with Gasteiger partial charge < -0.3 is 15.0 Å². The first-order valence-electron chi connectivity index (χ1n) is 7.20. The highest BCUT2D eigenvalue weighted by Crippen LogP contribution is 2.21. The van der Waals surface area contributed by atoms with E-state index in [4.69, 9.17) is 4.74 Å². The molecular weight excluding hydrogens is 250 g/mol. The van der Waals surface area contributed by atoms with Gasteiger partial charge in [-0.2, -0.15) is 0 Å². The van der Waals surface area contributed by atoms with Crippen molar-refractivity contribution in [3.05, 3.63) is 23.4 Å². The number of ether oxygens (including phenoxy) is 1. The van der Waals surface area contributed by atoms with Crippen LogP contribution < -0.4 is 10.2 Å². The monoisotopic (exact) mass is 279 g/mol. The molecule has 0 saturated heterocycles. The number of hydrogen-bond donors (Lipinski definition) is 1. The zero-order valence-electron chi connectivity index (χ0n) is 13.8. The van der Waals surface area contributed by atoms with Crippen molar-refractivity contribution >= 4 is 5.82 Å². The molecule has 4 nitrogen and oxygen atoms in total. The maximum absolute atomic E-state index is 5.02. The molecule has 1 aromatic heterocycles. The van der Waals surface area contributed by atoms with Crippen molar-refractivity contribution in [2.75, 3.05) is 38.8 Å². The molecule has 1 heterocycles. The molecular formula is C16H29N3O. The fourth-order valence-corrected chi connectivity index (χ4v) is 2.32. The molecule has 1 aromatic rings. The molecule has 4 heteroatoms. The Morgan fingerprint density at radius 1 is 1.35 bits per heavy atom. The summed E-state index contributed by atoms with van der Waals surface area (Å²) >= 11 is 0. The smallest absolute Gasteiger partial charge is 0.131 e. The summed E-state index contributed by atoms with van der Waals surface area (Å²) in [6, 6.07) is 2.21. The lowest BCUT2D eigenvalue weighted by Crippen LogP contribution is -2.30. The quantitative estimate of drug-likeness (QED) is 0.779. The molecule has 0 unspecified atom stereocenters. The summed E-state index contributed by atoms with van der Waals surface area (Å²) in [4.78, 5) is 6.85. The number of pyridine rings is 1. The summed E-state index contributed by atoms with van der Waals surface area (Å²) in [7, 11) is 3.82. The summed E-state index contributed by atoms with van der Waals surface area (Å²) in [6.07, 6.45) is 1.96. The Balaban J connectivity index is 2.63. The van der Waals surface area contributed by atoms with Gasteiger partial charge in [0.25, 0.3) is 0 Å². The summed E-state index contributed by atoms with van der Waals surface area (Å²) < 4.78 is 5.02. The molecule has 0 aliphatic heterocycles. The predicted octanol–water partition coefficient (Wildman–Crippen LogP) is 2.61. The van der Waals surface area contributed by atoms with Crippen LogP contribution in [0.15, 0.2) is 12.3 Å². The van der Waals surface area contributed by atoms with Crippen molar-refractivity contribution in [2.24, 2.45) is 5.41 Å². The lowest BCUT2D eigenvalue weighted by molar-refractivity contribution is 0.199. The van der Waals surface area contributed by atoms with Crippen molar-refractivity contribution in [2.45, 2.75) is 34.2 Å². The van der Waals surface area contributed by atoms with Crippen LogP contribution in [0.25, 0.3) is 0 Å². The van der Waals surface area contributed by atoms with Gasteiger partial charge in [0.2, 0.25) is 0 Å². The molecule has 1 rings (SSSR count). The third-order valence-electron chi connectivity index (χ3n) is 2.99. The van der Waals surface area contributed by atoms with Crippen molar-refractivity contribution < 1.29 is 4.74 Å². The Morgan fingerprint density at radius 3 is 2.60 bits per heavy atom. The van der Waals surface area contributed by atoms with E-state index in [-0.39, 0.29) is 5.41 Å². The average molecular weight is 279 g/mol. The van der Waals surface area contributed by atoms with Gasteiger partial charge in [0.05, 0.1) is 6.61 Å². The molecule has 0 atom stereocenters. The van der Waals surface area contributed by atoms with Crippen molar-refractivity contribution in [3.63, 3.8) is 0 Å². The lowest BCUT2D eigenvalue weighted by Gasteiger charge is -2.28. The van der Waals surface area contributed by atoms with E-state index >= 15 is 0 Å². The minimum atomic E-state index is 0.267. The summed E-state index contributed by atoms with van der Waals surface area (Å²) in [6.45, 7) is 12.3. The Bertz CT molecular complexity index is 413. The van der Waals surface area contributed by atoms with E-state index in [1.165, 1.54) is 11.1 Å². The van der Waals surface area contributed by atoms with Crippen molar-refractivity contribution in [3.8, 4) is 0 Å². The van der Waals surface area contributed by atoms with Gasteiger partial charge in [-0.15, -0.1) is 0 Å². The number of methoxy groups -OCH3 is 1. The number of aryl methyl sites for hydroxylation is 1. The maximum atomic E-state index is 5.02. The second kappa shape index (κ2) is 7.60. The van der Waals surface area contributed by atoms with Crippen LogP contribution in [-0.4, -0.2) is 38.8 Å². The SMILES string of the molecule is COCCNCc1cnc(N(C)CC(C)(C)C)c(C)c1. The van der Waals surface area contributed by atoms with Crippen LogP contribution in [-0.2, 0) is 11.3 Å². The Morgan fingerprint density at radius 2 is 2.05 bits per heavy atom. The summed E-state index contributed by atoms with van der Waals surface area (Å²) in [5.74, 6) is 1.07. The minimum Gasteiger partial charge on any atom is -0.383 e. The van der Waals surface area contributed by atoms with Crippen LogP contribution >= 0.6 is 0 Å². The average Bonchev–Trinajstić information content (AvgIpc) is 2.32. The van der Waals surface area contributed by atoms with Gasteiger partial charge >= 0.3 is 0 Å². The van der Waals surface area contributed by atoms with E-state index in [0.29, 0.717) is 0 Å². The molecule has 0 aliphatic carbocycles. The van der Waals surface area contributed by atoms with E-state index < -0.39 is 0 Å². The van der Waals surface area contributed by atoms with Gasteiger partial charge in [0, 0.05) is 40.0 Å². The number of nitrogens with one attached hydrogen (secondary N) is 1. The van der Waals surface area contributed by atoms with Crippen LogP contribution in [0, 0.1) is 12.3 Å². The molecule has 0 spiro atoms. The zero-order valence-corrected chi connectivity index (χ0v) is 13.8. The first-order valence-corrected chi connectivity index (χ1v) is 7.20. The summed E-state index contributed by atoms with van der Waals surface area (Å²) in [5, 5.41) is 3.34. The molecule has 20 heavy (non-hydrogen) atoms. The van der Waals surface area contributed by atoms with Crippen LogP contribution in [0.3, 0.4) is 0 Å².